The Morgan fingerprint density at radius 2 is 1.26 bits per heavy atom. The lowest BCUT2D eigenvalue weighted by molar-refractivity contribution is 0.671. The van der Waals surface area contributed by atoms with Crippen molar-refractivity contribution in [2.24, 2.45) is 0 Å². The molecule has 7 nitrogen and oxygen atoms in total. The van der Waals surface area contributed by atoms with Gasteiger partial charge in [-0.1, -0.05) is 103 Å². The molecule has 6 aromatic carbocycles. The summed E-state index contributed by atoms with van der Waals surface area (Å²) >= 11 is 0. The zero-order valence-electron chi connectivity index (χ0n) is 26.3. The number of hydrogen-bond donors (Lipinski definition) is 0. The lowest BCUT2D eigenvalue weighted by Crippen LogP contribution is -2.03. The number of rotatable bonds is 4. The minimum absolute atomic E-state index is 0.236. The molecule has 0 aliphatic rings. The Hall–Kier alpha value is -7.53. The van der Waals surface area contributed by atoms with Crippen LogP contribution in [0.2, 0.25) is 0 Å². The van der Waals surface area contributed by atoms with E-state index in [9.17, 15) is 10.5 Å². The summed E-state index contributed by atoms with van der Waals surface area (Å²) < 4.78 is 8.48. The maximum Gasteiger partial charge on any atom is 0.212 e. The molecule has 0 saturated carbocycles. The van der Waals surface area contributed by atoms with Gasteiger partial charge in [-0.2, -0.15) is 10.5 Å². The van der Waals surface area contributed by atoms with E-state index in [-0.39, 0.29) is 16.8 Å². The van der Waals surface area contributed by atoms with E-state index in [2.05, 4.69) is 29.1 Å². The van der Waals surface area contributed by atoms with E-state index in [0.29, 0.717) is 34.0 Å². The fourth-order valence-corrected chi connectivity index (χ4v) is 6.92. The molecule has 0 unspecified atom stereocenters. The van der Waals surface area contributed by atoms with Crippen LogP contribution in [-0.4, -0.2) is 14.5 Å². The predicted molar refractivity (Wildman–Crippen MR) is 196 cm³/mol. The molecule has 0 amide bonds. The highest BCUT2D eigenvalue weighted by Crippen LogP contribution is 2.44. The maximum atomic E-state index is 10.8. The van der Waals surface area contributed by atoms with Gasteiger partial charge in [-0.3, -0.25) is 0 Å². The first-order valence-electron chi connectivity index (χ1n) is 15.9. The zero-order valence-corrected chi connectivity index (χ0v) is 26.3. The minimum atomic E-state index is 0.236. The van der Waals surface area contributed by atoms with Crippen LogP contribution in [0.1, 0.15) is 11.1 Å². The van der Waals surface area contributed by atoms with E-state index in [0.717, 1.165) is 49.3 Å². The van der Waals surface area contributed by atoms with Crippen molar-refractivity contribution >= 4 is 49.4 Å². The average Bonchev–Trinajstić information content (AvgIpc) is 3.73. The maximum absolute atomic E-state index is 10.8. The molecule has 0 bridgehead atoms. The first-order chi connectivity index (χ1) is 24.7. The van der Waals surface area contributed by atoms with Crippen molar-refractivity contribution in [1.29, 1.82) is 10.5 Å². The van der Waals surface area contributed by atoms with Gasteiger partial charge in [0.15, 0.2) is 11.4 Å². The van der Waals surface area contributed by atoms with Gasteiger partial charge in [-0.25, -0.2) is 14.8 Å². The zero-order chi connectivity index (χ0) is 33.8. The van der Waals surface area contributed by atoms with E-state index < -0.39 is 0 Å². The Morgan fingerprint density at radius 3 is 1.98 bits per heavy atom. The van der Waals surface area contributed by atoms with Crippen molar-refractivity contribution in [2.45, 2.75) is 0 Å². The van der Waals surface area contributed by atoms with Crippen molar-refractivity contribution < 1.29 is 4.42 Å². The number of para-hydroxylation sites is 2. The van der Waals surface area contributed by atoms with Gasteiger partial charge in [-0.05, 0) is 35.9 Å². The van der Waals surface area contributed by atoms with Gasteiger partial charge in [0.25, 0.3) is 0 Å². The van der Waals surface area contributed by atoms with Crippen molar-refractivity contribution in [1.82, 2.24) is 14.5 Å². The van der Waals surface area contributed by atoms with E-state index in [1.54, 1.807) is 12.1 Å². The molecule has 0 N–H and O–H groups in total. The second-order valence-corrected chi connectivity index (χ2v) is 11.9. The van der Waals surface area contributed by atoms with Gasteiger partial charge in [0, 0.05) is 32.7 Å². The van der Waals surface area contributed by atoms with Crippen LogP contribution in [0, 0.1) is 29.2 Å². The number of nitrogens with zero attached hydrogens (tertiary/aromatic N) is 6. The summed E-state index contributed by atoms with van der Waals surface area (Å²) in [6, 6.07) is 47.2. The second-order valence-electron chi connectivity index (χ2n) is 11.9. The van der Waals surface area contributed by atoms with Gasteiger partial charge >= 0.3 is 0 Å². The number of nitriles is 2. The summed E-state index contributed by atoms with van der Waals surface area (Å²) in [6.45, 7) is 8.42. The minimum Gasteiger partial charge on any atom is -0.454 e. The molecule has 0 radical (unpaired) electrons. The number of aromatic nitrogens is 3. The van der Waals surface area contributed by atoms with Gasteiger partial charge in [0.2, 0.25) is 5.69 Å². The molecule has 0 aliphatic heterocycles. The summed E-state index contributed by atoms with van der Waals surface area (Å²) in [4.78, 5) is 13.8. The van der Waals surface area contributed by atoms with Crippen LogP contribution in [0.3, 0.4) is 0 Å². The summed E-state index contributed by atoms with van der Waals surface area (Å²) in [5.74, 6) is 0.431. The van der Waals surface area contributed by atoms with Crippen LogP contribution in [0.5, 0.6) is 0 Å². The molecular weight excluding hydrogens is 617 g/mol. The predicted octanol–water partition coefficient (Wildman–Crippen LogP) is 10.8. The number of hydrogen-bond acceptors (Lipinski definition) is 5. The SMILES string of the molecule is [C-]#[N+]c1cc(-c2nc(-c3ccccc3)nc(-c3ccccc3)c2C#N)cc(C#N)c1-n1c2ccccc2c2ccc3c4ccccc4oc3c21. The normalized spacial score (nSPS) is 11.1. The molecule has 0 aliphatic carbocycles. The molecule has 0 fully saturated rings. The fraction of sp³-hybridized carbons (Fsp3) is 0. The largest absolute Gasteiger partial charge is 0.454 e. The number of fused-ring (bicyclic) bond motifs is 7. The first-order valence-corrected chi connectivity index (χ1v) is 15.9. The number of benzene rings is 6. The number of furan rings is 1. The van der Waals surface area contributed by atoms with Crippen LogP contribution in [-0.2, 0) is 0 Å². The van der Waals surface area contributed by atoms with E-state index in [1.165, 1.54) is 0 Å². The third-order valence-corrected chi connectivity index (χ3v) is 9.11. The quantitative estimate of drug-likeness (QED) is 0.179. The molecule has 0 spiro atoms. The summed E-state index contributed by atoms with van der Waals surface area (Å²) in [6.07, 6.45) is 0. The first kappa shape index (κ1) is 28.7. The van der Waals surface area contributed by atoms with Gasteiger partial charge < -0.3 is 8.98 Å². The summed E-state index contributed by atoms with van der Waals surface area (Å²) in [7, 11) is 0. The Bertz CT molecular complexity index is 2920. The fourth-order valence-electron chi connectivity index (χ4n) is 6.92. The van der Waals surface area contributed by atoms with Crippen molar-refractivity contribution in [3.05, 3.63) is 156 Å². The molecule has 50 heavy (non-hydrogen) atoms. The molecule has 3 heterocycles. The molecule has 0 atom stereocenters. The third-order valence-electron chi connectivity index (χ3n) is 9.11. The summed E-state index contributed by atoms with van der Waals surface area (Å²) in [5.41, 5.74) is 7.03. The van der Waals surface area contributed by atoms with Crippen LogP contribution in [0.4, 0.5) is 5.69 Å². The molecule has 3 aromatic heterocycles. The Labute approximate surface area is 286 Å². The lowest BCUT2D eigenvalue weighted by atomic mass is 9.97. The monoisotopic (exact) mass is 638 g/mol. The molecule has 0 saturated heterocycles. The standard InChI is InChI=1S/C43H22N6O/c1-46-35-23-28(39-34(25-45)38(26-12-4-2-5-13-26)47-43(48-39)27-14-6-3-7-15-27)22-29(24-44)40(35)49-36-18-10-8-16-30(36)32-20-21-33-31-17-9-11-19-37(31)50-42(33)41(32)49/h2-23H. The molecule has 230 valence electrons. The molecule has 9 aromatic rings. The van der Waals surface area contributed by atoms with Crippen LogP contribution >= 0.6 is 0 Å². The average molecular weight is 639 g/mol. The van der Waals surface area contributed by atoms with Crippen molar-refractivity contribution in [3.63, 3.8) is 0 Å². The highest BCUT2D eigenvalue weighted by molar-refractivity contribution is 6.21. The van der Waals surface area contributed by atoms with Gasteiger partial charge in [-0.15, -0.1) is 0 Å². The summed E-state index contributed by atoms with van der Waals surface area (Å²) in [5, 5.41) is 25.2. The van der Waals surface area contributed by atoms with Crippen LogP contribution in [0.25, 0.3) is 88.2 Å². The molecule has 7 heteroatoms. The Morgan fingerprint density at radius 1 is 0.620 bits per heavy atom. The van der Waals surface area contributed by atoms with Crippen molar-refractivity contribution in [2.75, 3.05) is 0 Å². The third kappa shape index (κ3) is 4.27. The molecule has 9 rings (SSSR count). The lowest BCUT2D eigenvalue weighted by Gasteiger charge is -2.16. The van der Waals surface area contributed by atoms with E-state index in [4.69, 9.17) is 21.0 Å². The van der Waals surface area contributed by atoms with Gasteiger partial charge in [0.05, 0.1) is 46.3 Å². The topological polar surface area (TPSA) is 95.8 Å². The highest BCUT2D eigenvalue weighted by atomic mass is 16.3. The highest BCUT2D eigenvalue weighted by Gasteiger charge is 2.25. The van der Waals surface area contributed by atoms with Gasteiger partial charge in [0.1, 0.15) is 17.2 Å². The van der Waals surface area contributed by atoms with Crippen LogP contribution < -0.4 is 0 Å². The van der Waals surface area contributed by atoms with Crippen molar-refractivity contribution in [3.8, 4) is 51.7 Å². The van der Waals surface area contributed by atoms with E-state index >= 15 is 0 Å². The second kappa shape index (κ2) is 11.3. The molecular formula is C43H22N6O. The van der Waals surface area contributed by atoms with Crippen LogP contribution in [0.15, 0.2) is 138 Å². The van der Waals surface area contributed by atoms with E-state index in [1.807, 2.05) is 114 Å². The Balaban J connectivity index is 1.37. The Kier molecular flexibility index (Phi) is 6.49. The smallest absolute Gasteiger partial charge is 0.212 e.